The summed E-state index contributed by atoms with van der Waals surface area (Å²) in [4.78, 5) is 25.2. The van der Waals surface area contributed by atoms with Gasteiger partial charge in [-0.15, -0.1) is 0 Å². The number of amides is 2. The highest BCUT2D eigenvalue weighted by atomic mass is 16.5. The maximum atomic E-state index is 12.1. The third kappa shape index (κ3) is 5.76. The van der Waals surface area contributed by atoms with Crippen LogP contribution in [0.15, 0.2) is 24.3 Å². The summed E-state index contributed by atoms with van der Waals surface area (Å²) >= 11 is 0. The largest absolute Gasteiger partial charge is 0.484 e. The predicted octanol–water partition coefficient (Wildman–Crippen LogP) is 2.17. The smallest absolute Gasteiger partial charge is 0.260 e. The minimum Gasteiger partial charge on any atom is -0.484 e. The van der Waals surface area contributed by atoms with Crippen molar-refractivity contribution >= 4 is 11.8 Å². The van der Waals surface area contributed by atoms with Crippen molar-refractivity contribution in [2.75, 3.05) is 26.2 Å². The van der Waals surface area contributed by atoms with Crippen LogP contribution in [0.2, 0.25) is 0 Å². The highest BCUT2D eigenvalue weighted by Gasteiger charge is 2.15. The Bertz CT molecular complexity index is 500. The molecule has 0 heterocycles. The van der Waals surface area contributed by atoms with E-state index in [1.165, 1.54) is 10.5 Å². The fourth-order valence-corrected chi connectivity index (χ4v) is 2.00. The summed E-state index contributed by atoms with van der Waals surface area (Å²) in [6, 6.07) is 7.73. The van der Waals surface area contributed by atoms with Gasteiger partial charge >= 0.3 is 0 Å². The SMILES string of the molecule is CCNC(=O)CN(CC)C(=O)COc1cccc(C(C)C)c1. The van der Waals surface area contributed by atoms with Crippen LogP contribution in [0.25, 0.3) is 0 Å². The van der Waals surface area contributed by atoms with Gasteiger partial charge in [0.2, 0.25) is 5.91 Å². The zero-order valence-electron chi connectivity index (χ0n) is 13.9. The molecule has 5 nitrogen and oxygen atoms in total. The molecule has 0 fully saturated rings. The first-order valence-corrected chi connectivity index (χ1v) is 7.75. The van der Waals surface area contributed by atoms with Crippen molar-refractivity contribution in [3.05, 3.63) is 29.8 Å². The number of ether oxygens (including phenoxy) is 1. The molecule has 122 valence electrons. The number of hydrogen-bond acceptors (Lipinski definition) is 3. The standard InChI is InChI=1S/C17H26N2O3/c1-5-18-16(20)11-19(6-2)17(21)12-22-15-9-7-8-14(10-15)13(3)4/h7-10,13H,5-6,11-12H2,1-4H3,(H,18,20). The third-order valence-corrected chi connectivity index (χ3v) is 3.33. The van der Waals surface area contributed by atoms with E-state index in [0.29, 0.717) is 24.8 Å². The fraction of sp³-hybridized carbons (Fsp3) is 0.529. The zero-order chi connectivity index (χ0) is 16.5. The summed E-state index contributed by atoms with van der Waals surface area (Å²) in [7, 11) is 0. The fourth-order valence-electron chi connectivity index (χ4n) is 2.00. The minimum absolute atomic E-state index is 0.0607. The van der Waals surface area contributed by atoms with Crippen LogP contribution in [-0.4, -0.2) is 43.0 Å². The Morgan fingerprint density at radius 1 is 1.27 bits per heavy atom. The average molecular weight is 306 g/mol. The number of likely N-dealkylation sites (N-methyl/N-ethyl adjacent to an activating group) is 2. The summed E-state index contributed by atoms with van der Waals surface area (Å²) in [5.41, 5.74) is 1.17. The van der Waals surface area contributed by atoms with E-state index in [2.05, 4.69) is 19.2 Å². The van der Waals surface area contributed by atoms with Crippen molar-refractivity contribution in [2.24, 2.45) is 0 Å². The van der Waals surface area contributed by atoms with Crippen molar-refractivity contribution in [3.8, 4) is 5.75 Å². The van der Waals surface area contributed by atoms with Crippen LogP contribution in [0.3, 0.4) is 0 Å². The van der Waals surface area contributed by atoms with Gasteiger partial charge in [-0.3, -0.25) is 9.59 Å². The second kappa shape index (κ2) is 9.07. The Morgan fingerprint density at radius 2 is 2.00 bits per heavy atom. The van der Waals surface area contributed by atoms with Gasteiger partial charge in [0.15, 0.2) is 6.61 Å². The summed E-state index contributed by atoms with van der Waals surface area (Å²) in [6.45, 7) is 8.95. The molecule has 5 heteroatoms. The van der Waals surface area contributed by atoms with Gasteiger partial charge in [-0.25, -0.2) is 0 Å². The minimum atomic E-state index is -0.191. The molecule has 1 aromatic carbocycles. The van der Waals surface area contributed by atoms with Crippen LogP contribution < -0.4 is 10.1 Å². The van der Waals surface area contributed by atoms with Gasteiger partial charge in [0.25, 0.3) is 5.91 Å². The number of carbonyl (C=O) groups is 2. The number of benzene rings is 1. The second-order valence-corrected chi connectivity index (χ2v) is 5.38. The number of carbonyl (C=O) groups excluding carboxylic acids is 2. The summed E-state index contributed by atoms with van der Waals surface area (Å²) < 4.78 is 5.56. The molecule has 1 aromatic rings. The van der Waals surface area contributed by atoms with E-state index in [1.54, 1.807) is 0 Å². The molecule has 0 aliphatic heterocycles. The maximum Gasteiger partial charge on any atom is 0.260 e. The molecule has 0 bridgehead atoms. The van der Waals surface area contributed by atoms with Gasteiger partial charge in [0, 0.05) is 13.1 Å². The number of rotatable bonds is 8. The first-order valence-electron chi connectivity index (χ1n) is 7.75. The van der Waals surface area contributed by atoms with E-state index in [4.69, 9.17) is 4.74 Å². The lowest BCUT2D eigenvalue weighted by atomic mass is 10.0. The Hall–Kier alpha value is -2.04. The molecule has 0 atom stereocenters. The topological polar surface area (TPSA) is 58.6 Å². The first-order chi connectivity index (χ1) is 10.5. The number of hydrogen-bond donors (Lipinski definition) is 1. The molecule has 2 amide bonds. The summed E-state index contributed by atoms with van der Waals surface area (Å²) in [5, 5.41) is 2.69. The van der Waals surface area contributed by atoms with Gasteiger partial charge in [-0.05, 0) is 37.5 Å². The molecular formula is C17H26N2O3. The molecule has 0 aromatic heterocycles. The van der Waals surface area contributed by atoms with Crippen LogP contribution >= 0.6 is 0 Å². The lowest BCUT2D eigenvalue weighted by molar-refractivity contribution is -0.137. The van der Waals surface area contributed by atoms with Crippen molar-refractivity contribution in [3.63, 3.8) is 0 Å². The van der Waals surface area contributed by atoms with Gasteiger partial charge in [0.1, 0.15) is 5.75 Å². The molecule has 0 unspecified atom stereocenters. The van der Waals surface area contributed by atoms with Gasteiger partial charge < -0.3 is 15.0 Å². The number of nitrogens with one attached hydrogen (secondary N) is 1. The summed E-state index contributed by atoms with van der Waals surface area (Å²) in [6.07, 6.45) is 0. The van der Waals surface area contributed by atoms with E-state index in [1.807, 2.05) is 38.1 Å². The average Bonchev–Trinajstić information content (AvgIpc) is 2.50. The van der Waals surface area contributed by atoms with Crippen molar-refractivity contribution in [2.45, 2.75) is 33.6 Å². The van der Waals surface area contributed by atoms with E-state index in [-0.39, 0.29) is 25.0 Å². The molecule has 1 N–H and O–H groups in total. The molecule has 0 aliphatic rings. The van der Waals surface area contributed by atoms with Crippen molar-refractivity contribution in [1.29, 1.82) is 0 Å². The van der Waals surface area contributed by atoms with Crippen molar-refractivity contribution in [1.82, 2.24) is 10.2 Å². The van der Waals surface area contributed by atoms with E-state index in [0.717, 1.165) is 0 Å². The molecule has 0 saturated carbocycles. The molecule has 0 radical (unpaired) electrons. The summed E-state index contributed by atoms with van der Waals surface area (Å²) in [5.74, 6) is 0.737. The Balaban J connectivity index is 2.56. The van der Waals surface area contributed by atoms with Crippen LogP contribution in [-0.2, 0) is 9.59 Å². The Kier molecular flexibility index (Phi) is 7.43. The Morgan fingerprint density at radius 3 is 2.59 bits per heavy atom. The highest BCUT2D eigenvalue weighted by Crippen LogP contribution is 2.20. The number of nitrogens with zero attached hydrogens (tertiary/aromatic N) is 1. The Labute approximate surface area is 132 Å². The van der Waals surface area contributed by atoms with Gasteiger partial charge in [0.05, 0.1) is 6.54 Å². The van der Waals surface area contributed by atoms with Crippen LogP contribution in [0.1, 0.15) is 39.2 Å². The lowest BCUT2D eigenvalue weighted by Gasteiger charge is -2.20. The third-order valence-electron chi connectivity index (χ3n) is 3.33. The first kappa shape index (κ1) is 18.0. The van der Waals surface area contributed by atoms with E-state index in [9.17, 15) is 9.59 Å². The van der Waals surface area contributed by atoms with Crippen molar-refractivity contribution < 1.29 is 14.3 Å². The molecule has 0 aliphatic carbocycles. The second-order valence-electron chi connectivity index (χ2n) is 5.38. The van der Waals surface area contributed by atoms with Crippen LogP contribution in [0.4, 0.5) is 0 Å². The molecule has 0 saturated heterocycles. The normalized spacial score (nSPS) is 10.4. The van der Waals surface area contributed by atoms with E-state index >= 15 is 0 Å². The van der Waals surface area contributed by atoms with Crippen LogP contribution in [0.5, 0.6) is 5.75 Å². The molecule has 1 rings (SSSR count). The molecule has 22 heavy (non-hydrogen) atoms. The lowest BCUT2D eigenvalue weighted by Crippen LogP contribution is -2.42. The molecular weight excluding hydrogens is 280 g/mol. The zero-order valence-corrected chi connectivity index (χ0v) is 13.9. The highest BCUT2D eigenvalue weighted by molar-refractivity contribution is 5.85. The van der Waals surface area contributed by atoms with E-state index < -0.39 is 0 Å². The van der Waals surface area contributed by atoms with Gasteiger partial charge in [-0.2, -0.15) is 0 Å². The van der Waals surface area contributed by atoms with Crippen LogP contribution in [0, 0.1) is 0 Å². The maximum absolute atomic E-state index is 12.1. The predicted molar refractivity (Wildman–Crippen MR) is 87.0 cm³/mol. The monoisotopic (exact) mass is 306 g/mol. The van der Waals surface area contributed by atoms with Gasteiger partial charge in [-0.1, -0.05) is 26.0 Å². The molecule has 0 spiro atoms. The quantitative estimate of drug-likeness (QED) is 0.801.